The van der Waals surface area contributed by atoms with Crippen LogP contribution in [0.1, 0.15) is 43.0 Å². The van der Waals surface area contributed by atoms with E-state index in [1.807, 2.05) is 57.2 Å². The maximum Gasteiger partial charge on any atom is 0.330 e. The van der Waals surface area contributed by atoms with Gasteiger partial charge >= 0.3 is 11.9 Å². The summed E-state index contributed by atoms with van der Waals surface area (Å²) in [4.78, 5) is 38.6. The predicted octanol–water partition coefficient (Wildman–Crippen LogP) is 4.02. The van der Waals surface area contributed by atoms with Crippen molar-refractivity contribution in [2.24, 2.45) is 0 Å². The zero-order chi connectivity index (χ0) is 22.8. The molecule has 0 spiro atoms. The van der Waals surface area contributed by atoms with E-state index in [1.165, 1.54) is 20.1 Å². The van der Waals surface area contributed by atoms with Gasteiger partial charge in [0.1, 0.15) is 5.75 Å². The number of hydrogen-bond donors (Lipinski definition) is 0. The number of carbonyl (C=O) groups is 3. The average molecular weight is 421 g/mol. The molecule has 0 radical (unpaired) electrons. The fourth-order valence-corrected chi connectivity index (χ4v) is 4.01. The zero-order valence-corrected chi connectivity index (χ0v) is 18.5. The highest BCUT2D eigenvalue weighted by atomic mass is 16.5. The first kappa shape index (κ1) is 22.3. The lowest BCUT2D eigenvalue weighted by Gasteiger charge is -2.21. The first-order chi connectivity index (χ1) is 14.7. The third-order valence-electron chi connectivity index (χ3n) is 5.42. The van der Waals surface area contributed by atoms with Crippen LogP contribution in [0.25, 0.3) is 0 Å². The van der Waals surface area contributed by atoms with Gasteiger partial charge in [0.15, 0.2) is 0 Å². The SMILES string of the molecule is COC(=O)/C=C/Cc1cc(C)c2c(c1OC(C)=O)C(C)(C)C(=O)N2Cc1ccccc1. The second kappa shape index (κ2) is 8.76. The molecular weight excluding hydrogens is 394 g/mol. The van der Waals surface area contributed by atoms with Crippen molar-refractivity contribution in [3.8, 4) is 5.75 Å². The number of allylic oxidation sites excluding steroid dienone is 1. The molecule has 1 aliphatic heterocycles. The standard InChI is InChI=1S/C25H27NO5/c1-16-14-19(12-9-13-20(28)30-5)23(31-17(2)27)21-22(16)26(24(29)25(21,3)4)15-18-10-7-6-8-11-18/h6-11,13-14H,12,15H2,1-5H3/b13-9+. The molecule has 6 heteroatoms. The molecule has 1 amide bonds. The summed E-state index contributed by atoms with van der Waals surface area (Å²) in [6.45, 7) is 7.40. The van der Waals surface area contributed by atoms with E-state index in [4.69, 9.17) is 4.74 Å². The smallest absolute Gasteiger partial charge is 0.330 e. The summed E-state index contributed by atoms with van der Waals surface area (Å²) >= 11 is 0. The van der Waals surface area contributed by atoms with Gasteiger partial charge in [0.2, 0.25) is 5.91 Å². The highest BCUT2D eigenvalue weighted by Crippen LogP contribution is 2.50. The molecule has 2 aromatic rings. The van der Waals surface area contributed by atoms with Crippen LogP contribution in [0.5, 0.6) is 5.75 Å². The molecule has 0 bridgehead atoms. The van der Waals surface area contributed by atoms with E-state index < -0.39 is 17.4 Å². The molecule has 0 unspecified atom stereocenters. The summed E-state index contributed by atoms with van der Waals surface area (Å²) < 4.78 is 10.3. The Balaban J connectivity index is 2.14. The number of carbonyl (C=O) groups excluding carboxylic acids is 3. The van der Waals surface area contributed by atoms with E-state index in [-0.39, 0.29) is 5.91 Å². The van der Waals surface area contributed by atoms with Crippen LogP contribution in [0.15, 0.2) is 48.6 Å². The molecule has 0 saturated carbocycles. The molecule has 0 aromatic heterocycles. The topological polar surface area (TPSA) is 72.9 Å². The monoisotopic (exact) mass is 421 g/mol. The van der Waals surface area contributed by atoms with E-state index in [0.29, 0.717) is 24.3 Å². The molecular formula is C25H27NO5. The van der Waals surface area contributed by atoms with E-state index in [0.717, 1.165) is 22.4 Å². The Morgan fingerprint density at radius 3 is 2.45 bits per heavy atom. The fraction of sp³-hybridized carbons (Fsp3) is 0.320. The van der Waals surface area contributed by atoms with Gasteiger partial charge in [-0.1, -0.05) is 36.4 Å². The third-order valence-corrected chi connectivity index (χ3v) is 5.42. The van der Waals surface area contributed by atoms with Crippen molar-refractivity contribution in [3.05, 3.63) is 70.8 Å². The van der Waals surface area contributed by atoms with Crippen LogP contribution in [-0.4, -0.2) is 25.0 Å². The minimum atomic E-state index is -0.873. The number of methoxy groups -OCH3 is 1. The predicted molar refractivity (Wildman–Crippen MR) is 118 cm³/mol. The molecule has 3 rings (SSSR count). The number of ether oxygens (including phenoxy) is 2. The number of anilines is 1. The Morgan fingerprint density at radius 2 is 1.84 bits per heavy atom. The van der Waals surface area contributed by atoms with Crippen LogP contribution < -0.4 is 9.64 Å². The number of amides is 1. The third kappa shape index (κ3) is 4.38. The number of rotatable bonds is 6. The summed E-state index contributed by atoms with van der Waals surface area (Å²) in [5, 5.41) is 0. The minimum Gasteiger partial charge on any atom is -0.466 e. The first-order valence-electron chi connectivity index (χ1n) is 10.1. The lowest BCUT2D eigenvalue weighted by Crippen LogP contribution is -2.36. The molecule has 0 aliphatic carbocycles. The molecule has 6 nitrogen and oxygen atoms in total. The number of nitrogens with zero attached hydrogens (tertiary/aromatic N) is 1. The lowest BCUT2D eigenvalue weighted by atomic mass is 9.83. The van der Waals surface area contributed by atoms with Gasteiger partial charge in [-0.3, -0.25) is 9.59 Å². The Bertz CT molecular complexity index is 1050. The maximum absolute atomic E-state index is 13.4. The summed E-state index contributed by atoms with van der Waals surface area (Å²) in [5.41, 5.74) is 3.25. The minimum absolute atomic E-state index is 0.0508. The lowest BCUT2D eigenvalue weighted by molar-refractivity contribution is -0.135. The van der Waals surface area contributed by atoms with E-state index in [1.54, 1.807) is 11.0 Å². The van der Waals surface area contributed by atoms with Crippen LogP contribution >= 0.6 is 0 Å². The van der Waals surface area contributed by atoms with Crippen molar-refractivity contribution in [1.29, 1.82) is 0 Å². The second-order valence-corrected chi connectivity index (χ2v) is 8.13. The van der Waals surface area contributed by atoms with Crippen molar-refractivity contribution in [2.45, 2.75) is 46.1 Å². The van der Waals surface area contributed by atoms with Gasteiger partial charge in [0.05, 0.1) is 24.8 Å². The van der Waals surface area contributed by atoms with Crippen molar-refractivity contribution in [1.82, 2.24) is 0 Å². The Labute approximate surface area is 182 Å². The molecule has 2 aromatic carbocycles. The molecule has 0 atom stereocenters. The summed E-state index contributed by atoms with van der Waals surface area (Å²) in [6.07, 6.45) is 3.35. The van der Waals surface area contributed by atoms with Gasteiger partial charge in [-0.25, -0.2) is 4.79 Å². The van der Waals surface area contributed by atoms with Gasteiger partial charge < -0.3 is 14.4 Å². The second-order valence-electron chi connectivity index (χ2n) is 8.13. The van der Waals surface area contributed by atoms with Crippen LogP contribution in [-0.2, 0) is 37.5 Å². The molecule has 162 valence electrons. The van der Waals surface area contributed by atoms with E-state index in [9.17, 15) is 14.4 Å². The van der Waals surface area contributed by atoms with Crippen LogP contribution in [0.4, 0.5) is 5.69 Å². The Morgan fingerprint density at radius 1 is 1.16 bits per heavy atom. The van der Waals surface area contributed by atoms with Crippen molar-refractivity contribution < 1.29 is 23.9 Å². The quantitative estimate of drug-likeness (QED) is 0.400. The van der Waals surface area contributed by atoms with Crippen LogP contribution in [0, 0.1) is 6.92 Å². The first-order valence-corrected chi connectivity index (χ1v) is 10.1. The maximum atomic E-state index is 13.4. The summed E-state index contributed by atoms with van der Waals surface area (Å²) in [6, 6.07) is 11.7. The molecule has 0 N–H and O–H groups in total. The van der Waals surface area contributed by atoms with Gasteiger partial charge in [-0.15, -0.1) is 0 Å². The summed E-state index contributed by atoms with van der Waals surface area (Å²) in [7, 11) is 1.31. The van der Waals surface area contributed by atoms with E-state index in [2.05, 4.69) is 4.74 Å². The van der Waals surface area contributed by atoms with Crippen LogP contribution in [0.2, 0.25) is 0 Å². The molecule has 0 fully saturated rings. The van der Waals surface area contributed by atoms with Crippen molar-refractivity contribution >= 4 is 23.5 Å². The zero-order valence-electron chi connectivity index (χ0n) is 18.5. The van der Waals surface area contributed by atoms with Gasteiger partial charge in [-0.05, 0) is 49.9 Å². The number of fused-ring (bicyclic) bond motifs is 1. The van der Waals surface area contributed by atoms with Crippen LogP contribution in [0.3, 0.4) is 0 Å². The average Bonchev–Trinajstić information content (AvgIpc) is 2.92. The molecule has 31 heavy (non-hydrogen) atoms. The van der Waals surface area contributed by atoms with E-state index >= 15 is 0 Å². The fourth-order valence-electron chi connectivity index (χ4n) is 4.01. The Hall–Kier alpha value is -3.41. The van der Waals surface area contributed by atoms with Gasteiger partial charge in [0.25, 0.3) is 0 Å². The largest absolute Gasteiger partial charge is 0.466 e. The van der Waals surface area contributed by atoms with Gasteiger partial charge in [0, 0.05) is 18.6 Å². The number of aryl methyl sites for hydroxylation is 1. The number of esters is 2. The molecule has 1 aliphatic rings. The highest BCUT2D eigenvalue weighted by Gasteiger charge is 2.47. The van der Waals surface area contributed by atoms with Gasteiger partial charge in [-0.2, -0.15) is 0 Å². The normalized spacial score (nSPS) is 14.6. The number of benzene rings is 2. The van der Waals surface area contributed by atoms with Crippen molar-refractivity contribution in [2.75, 3.05) is 12.0 Å². The number of hydrogen-bond acceptors (Lipinski definition) is 5. The highest BCUT2D eigenvalue weighted by molar-refractivity contribution is 6.09. The van der Waals surface area contributed by atoms with Crippen molar-refractivity contribution in [3.63, 3.8) is 0 Å². The summed E-state index contributed by atoms with van der Waals surface area (Å²) in [5.74, 6) is -0.591. The molecule has 0 saturated heterocycles. The molecule has 1 heterocycles. The Kier molecular flexibility index (Phi) is 6.29.